The SMILES string of the molecule is CC(C(N)=O)N(C)C(C(=O)N1CCC2NCC(COc3ccc(F)c(F)c3)C21)C(C)(C)C. The second-order valence-electron chi connectivity index (χ2n) is 9.99. The molecule has 0 aromatic heterocycles. The largest absolute Gasteiger partial charge is 0.493 e. The molecular formula is C23H34F2N4O3. The number of ether oxygens (including phenoxy) is 1. The van der Waals surface area contributed by atoms with E-state index in [0.717, 1.165) is 18.6 Å². The second kappa shape index (κ2) is 9.31. The van der Waals surface area contributed by atoms with E-state index in [4.69, 9.17) is 10.5 Å². The minimum atomic E-state index is -0.956. The van der Waals surface area contributed by atoms with Crippen molar-refractivity contribution in [3.05, 3.63) is 29.8 Å². The summed E-state index contributed by atoms with van der Waals surface area (Å²) < 4.78 is 32.4. The highest BCUT2D eigenvalue weighted by Gasteiger charge is 2.50. The highest BCUT2D eigenvalue weighted by atomic mass is 19.2. The van der Waals surface area contributed by atoms with E-state index in [2.05, 4.69) is 5.32 Å². The number of nitrogens with zero attached hydrogens (tertiary/aromatic N) is 2. The zero-order chi connectivity index (χ0) is 23.8. The van der Waals surface area contributed by atoms with Crippen LogP contribution in [0.4, 0.5) is 8.78 Å². The smallest absolute Gasteiger partial charge is 0.240 e. The van der Waals surface area contributed by atoms with Gasteiger partial charge in [-0.25, -0.2) is 8.78 Å². The van der Waals surface area contributed by atoms with Gasteiger partial charge in [0, 0.05) is 31.1 Å². The molecule has 3 N–H and O–H groups in total. The minimum Gasteiger partial charge on any atom is -0.493 e. The van der Waals surface area contributed by atoms with E-state index >= 15 is 0 Å². The van der Waals surface area contributed by atoms with Crippen molar-refractivity contribution in [1.82, 2.24) is 15.1 Å². The minimum absolute atomic E-state index is 0.000877. The Morgan fingerprint density at radius 2 is 2.00 bits per heavy atom. The molecule has 5 unspecified atom stereocenters. The van der Waals surface area contributed by atoms with Crippen LogP contribution in [-0.2, 0) is 9.59 Å². The lowest BCUT2D eigenvalue weighted by molar-refractivity contribution is -0.144. The van der Waals surface area contributed by atoms with Crippen LogP contribution in [-0.4, -0.2) is 72.5 Å². The number of benzene rings is 1. The summed E-state index contributed by atoms with van der Waals surface area (Å²) in [7, 11) is 1.76. The Kier molecular flexibility index (Phi) is 7.09. The van der Waals surface area contributed by atoms with Crippen LogP contribution >= 0.6 is 0 Å². The first-order valence-electron chi connectivity index (χ1n) is 11.0. The zero-order valence-electron chi connectivity index (χ0n) is 19.4. The van der Waals surface area contributed by atoms with E-state index in [-0.39, 0.29) is 36.3 Å². The van der Waals surface area contributed by atoms with Gasteiger partial charge >= 0.3 is 0 Å². The summed E-state index contributed by atoms with van der Waals surface area (Å²) in [6.45, 7) is 9.18. The quantitative estimate of drug-likeness (QED) is 0.658. The van der Waals surface area contributed by atoms with Gasteiger partial charge < -0.3 is 20.7 Å². The van der Waals surface area contributed by atoms with Crippen molar-refractivity contribution in [1.29, 1.82) is 0 Å². The number of likely N-dealkylation sites (tertiary alicyclic amines) is 1. The fourth-order valence-electron chi connectivity index (χ4n) is 4.97. The molecule has 7 nitrogen and oxygen atoms in total. The monoisotopic (exact) mass is 452 g/mol. The van der Waals surface area contributed by atoms with Gasteiger partial charge in [-0.3, -0.25) is 14.5 Å². The topological polar surface area (TPSA) is 87.9 Å². The van der Waals surface area contributed by atoms with Crippen molar-refractivity contribution in [2.24, 2.45) is 17.1 Å². The molecule has 178 valence electrons. The van der Waals surface area contributed by atoms with E-state index in [1.54, 1.807) is 18.9 Å². The fourth-order valence-corrected chi connectivity index (χ4v) is 4.97. The second-order valence-corrected chi connectivity index (χ2v) is 9.99. The molecule has 0 aliphatic carbocycles. The van der Waals surface area contributed by atoms with Crippen LogP contribution in [0.1, 0.15) is 34.1 Å². The Morgan fingerprint density at radius 3 is 2.59 bits per heavy atom. The van der Waals surface area contributed by atoms with Crippen molar-refractivity contribution >= 4 is 11.8 Å². The maximum absolute atomic E-state index is 13.8. The van der Waals surface area contributed by atoms with E-state index in [9.17, 15) is 18.4 Å². The van der Waals surface area contributed by atoms with Gasteiger partial charge in [-0.1, -0.05) is 20.8 Å². The Bertz CT molecular complexity index is 860. The summed E-state index contributed by atoms with van der Waals surface area (Å²) in [4.78, 5) is 29.2. The van der Waals surface area contributed by atoms with Gasteiger partial charge in [0.25, 0.3) is 0 Å². The van der Waals surface area contributed by atoms with Crippen molar-refractivity contribution in [3.63, 3.8) is 0 Å². The van der Waals surface area contributed by atoms with Crippen molar-refractivity contribution in [3.8, 4) is 5.75 Å². The van der Waals surface area contributed by atoms with E-state index in [1.165, 1.54) is 6.07 Å². The third-order valence-electron chi connectivity index (χ3n) is 6.70. The molecule has 0 spiro atoms. The number of hydrogen-bond acceptors (Lipinski definition) is 5. The Balaban J connectivity index is 1.76. The van der Waals surface area contributed by atoms with E-state index < -0.39 is 35.0 Å². The molecule has 2 fully saturated rings. The van der Waals surface area contributed by atoms with E-state index in [0.29, 0.717) is 13.1 Å². The van der Waals surface area contributed by atoms with Gasteiger partial charge in [-0.15, -0.1) is 0 Å². The molecule has 0 saturated carbocycles. The van der Waals surface area contributed by atoms with Gasteiger partial charge in [0.1, 0.15) is 5.75 Å². The number of hydrogen-bond donors (Lipinski definition) is 2. The molecule has 2 saturated heterocycles. The number of rotatable bonds is 7. The summed E-state index contributed by atoms with van der Waals surface area (Å²) in [6, 6.07) is 2.42. The fraction of sp³-hybridized carbons (Fsp3) is 0.652. The number of halogens is 2. The predicted octanol–water partition coefficient (Wildman–Crippen LogP) is 1.75. The number of nitrogens with two attached hydrogens (primary N) is 1. The first-order chi connectivity index (χ1) is 14.9. The molecule has 3 rings (SSSR count). The standard InChI is InChI=1S/C23H34F2N4O3/c1-13(21(26)30)28(5)20(23(2,3)4)22(31)29-9-8-18-19(29)14(11-27-18)12-32-15-6-7-16(24)17(25)10-15/h6-7,10,13-14,18-20,27H,8-9,11-12H2,1-5H3,(H2,26,30). The lowest BCUT2D eigenvalue weighted by Gasteiger charge is -2.42. The van der Waals surface area contributed by atoms with Crippen LogP contribution in [0.5, 0.6) is 5.75 Å². The average Bonchev–Trinajstić information content (AvgIpc) is 3.29. The molecule has 9 heteroatoms. The van der Waals surface area contributed by atoms with Crippen LogP contribution < -0.4 is 15.8 Å². The first kappa shape index (κ1) is 24.4. The maximum atomic E-state index is 13.8. The van der Waals surface area contributed by atoms with Crippen LogP contribution in [0.15, 0.2) is 18.2 Å². The van der Waals surface area contributed by atoms with Crippen molar-refractivity contribution in [2.75, 3.05) is 26.7 Å². The molecule has 1 aromatic rings. The van der Waals surface area contributed by atoms with Crippen LogP contribution in [0.25, 0.3) is 0 Å². The van der Waals surface area contributed by atoms with Gasteiger partial charge in [-0.05, 0) is 37.9 Å². The number of carbonyl (C=O) groups excluding carboxylic acids is 2. The van der Waals surface area contributed by atoms with Crippen molar-refractivity contribution < 1.29 is 23.1 Å². The summed E-state index contributed by atoms with van der Waals surface area (Å²) in [5.74, 6) is -2.14. The third-order valence-corrected chi connectivity index (χ3v) is 6.70. The molecule has 32 heavy (non-hydrogen) atoms. The highest BCUT2D eigenvalue weighted by Crippen LogP contribution is 2.34. The number of amides is 2. The molecular weight excluding hydrogens is 418 g/mol. The van der Waals surface area contributed by atoms with Crippen LogP contribution in [0, 0.1) is 23.0 Å². The number of nitrogens with one attached hydrogen (secondary N) is 1. The molecule has 0 radical (unpaired) electrons. The lowest BCUT2D eigenvalue weighted by atomic mass is 9.83. The molecule has 5 atom stereocenters. The van der Waals surface area contributed by atoms with Crippen molar-refractivity contribution in [2.45, 2.75) is 58.3 Å². The van der Waals surface area contributed by atoms with Crippen LogP contribution in [0.3, 0.4) is 0 Å². The van der Waals surface area contributed by atoms with Gasteiger partial charge in [0.05, 0.1) is 24.7 Å². The molecule has 1 aromatic carbocycles. The zero-order valence-corrected chi connectivity index (χ0v) is 19.4. The summed E-state index contributed by atoms with van der Waals surface area (Å²) in [5, 5.41) is 3.46. The molecule has 2 amide bonds. The Hall–Kier alpha value is -2.26. The van der Waals surface area contributed by atoms with Crippen LogP contribution in [0.2, 0.25) is 0 Å². The first-order valence-corrected chi connectivity index (χ1v) is 11.0. The van der Waals surface area contributed by atoms with Gasteiger partial charge in [0.2, 0.25) is 11.8 Å². The molecule has 0 bridgehead atoms. The summed E-state index contributed by atoms with van der Waals surface area (Å²) in [5.41, 5.74) is 5.09. The number of carbonyl (C=O) groups is 2. The third kappa shape index (κ3) is 4.88. The average molecular weight is 453 g/mol. The maximum Gasteiger partial charge on any atom is 0.240 e. The Labute approximate surface area is 188 Å². The number of fused-ring (bicyclic) bond motifs is 1. The van der Waals surface area contributed by atoms with E-state index in [1.807, 2.05) is 25.7 Å². The molecule has 2 aliphatic heterocycles. The Morgan fingerprint density at radius 1 is 1.31 bits per heavy atom. The predicted molar refractivity (Wildman–Crippen MR) is 117 cm³/mol. The molecule has 2 aliphatic rings. The highest BCUT2D eigenvalue weighted by molar-refractivity contribution is 5.85. The lowest BCUT2D eigenvalue weighted by Crippen LogP contribution is -2.59. The summed E-state index contributed by atoms with van der Waals surface area (Å²) >= 11 is 0. The number of likely N-dealkylation sites (N-methyl/N-ethyl adjacent to an activating group) is 1. The van der Waals surface area contributed by atoms with Gasteiger partial charge in [-0.2, -0.15) is 0 Å². The molecule has 2 heterocycles. The summed E-state index contributed by atoms with van der Waals surface area (Å²) in [6.07, 6.45) is 0.823. The van der Waals surface area contributed by atoms with Gasteiger partial charge in [0.15, 0.2) is 11.6 Å². The number of primary amides is 1. The normalized spacial score (nSPS) is 25.0.